The average Bonchev–Trinajstić information content (AvgIpc) is 1.97. The largest absolute Gasteiger partial charge is 0.506 e. The zero-order valence-electron chi connectivity index (χ0n) is 6.55. The quantitative estimate of drug-likeness (QED) is 0.621. The summed E-state index contributed by atoms with van der Waals surface area (Å²) in [4.78, 5) is 0. The molecule has 0 aliphatic rings. The number of phenolic OH excluding ortho intramolecular Hbond substituents is 1. The van der Waals surface area contributed by atoms with Crippen molar-refractivity contribution < 1.29 is 22.6 Å². The van der Waals surface area contributed by atoms with Gasteiger partial charge in [-0.15, -0.1) is 0 Å². The first-order valence-electron chi connectivity index (χ1n) is 3.04. The lowest BCUT2D eigenvalue weighted by Crippen LogP contribution is -1.89. The maximum Gasteiger partial charge on any atom is 0.394 e. The summed E-state index contributed by atoms with van der Waals surface area (Å²) >= 11 is 11.0. The molecule has 14 heavy (non-hydrogen) atoms. The highest BCUT2D eigenvalue weighted by atomic mass is 35.5. The minimum atomic E-state index is -4.67. The molecule has 3 N–H and O–H groups in total. The lowest BCUT2D eigenvalue weighted by molar-refractivity contribution is 0.381. The molecule has 0 aromatic heterocycles. The van der Waals surface area contributed by atoms with E-state index in [0.717, 1.165) is 0 Å². The van der Waals surface area contributed by atoms with Gasteiger partial charge in [-0.05, 0) is 12.1 Å². The van der Waals surface area contributed by atoms with Gasteiger partial charge in [0.1, 0.15) is 10.8 Å². The van der Waals surface area contributed by atoms with Gasteiger partial charge in [-0.1, -0.05) is 29.3 Å². The highest BCUT2D eigenvalue weighted by Crippen LogP contribution is 2.29. The van der Waals surface area contributed by atoms with Crippen LogP contribution in [0.5, 0.6) is 5.75 Å². The monoisotopic (exact) mass is 260 g/mol. The van der Waals surface area contributed by atoms with E-state index < -0.39 is 10.4 Å². The number of aromatic hydroxyl groups is 1. The van der Waals surface area contributed by atoms with Crippen LogP contribution in [-0.2, 0) is 10.4 Å². The molecule has 0 fully saturated rings. The van der Waals surface area contributed by atoms with Crippen LogP contribution in [0.25, 0.3) is 0 Å². The summed E-state index contributed by atoms with van der Waals surface area (Å²) in [5.74, 6) is 0.0177. The van der Waals surface area contributed by atoms with Gasteiger partial charge >= 0.3 is 10.4 Å². The predicted molar refractivity (Wildman–Crippen MR) is 52.3 cm³/mol. The summed E-state index contributed by atoms with van der Waals surface area (Å²) in [6.45, 7) is 0. The minimum absolute atomic E-state index is 0.0177. The smallest absolute Gasteiger partial charge is 0.394 e. The molecule has 0 bridgehead atoms. The van der Waals surface area contributed by atoms with E-state index in [9.17, 15) is 0 Å². The molecule has 0 saturated carbocycles. The molecular weight excluding hydrogens is 255 g/mol. The fraction of sp³-hybridized carbons (Fsp3) is 0. The molecule has 8 heteroatoms. The second-order valence-electron chi connectivity index (χ2n) is 2.02. The maximum absolute atomic E-state index is 8.88. The van der Waals surface area contributed by atoms with Gasteiger partial charge in [-0.3, -0.25) is 9.11 Å². The van der Waals surface area contributed by atoms with Crippen molar-refractivity contribution >= 4 is 33.6 Å². The molecule has 0 heterocycles. The Morgan fingerprint density at radius 2 is 1.57 bits per heavy atom. The molecule has 1 aromatic carbocycles. The first-order valence-corrected chi connectivity index (χ1v) is 5.20. The Balaban J connectivity index is 0.000000292. The summed E-state index contributed by atoms with van der Waals surface area (Å²) in [5.41, 5.74) is 0. The predicted octanol–water partition coefficient (Wildman–Crippen LogP) is 2.05. The van der Waals surface area contributed by atoms with E-state index in [-0.39, 0.29) is 10.8 Å². The minimum Gasteiger partial charge on any atom is -0.506 e. The van der Waals surface area contributed by atoms with E-state index in [2.05, 4.69) is 0 Å². The third-order valence-electron chi connectivity index (χ3n) is 0.931. The van der Waals surface area contributed by atoms with Gasteiger partial charge in [0.25, 0.3) is 0 Å². The van der Waals surface area contributed by atoms with Gasteiger partial charge in [0.05, 0.1) is 5.02 Å². The number of hydrogen-bond acceptors (Lipinski definition) is 3. The van der Waals surface area contributed by atoms with Gasteiger partial charge in [0.2, 0.25) is 0 Å². The average molecular weight is 261 g/mol. The summed E-state index contributed by atoms with van der Waals surface area (Å²) in [5, 5.41) is 9.46. The Morgan fingerprint density at radius 3 is 1.86 bits per heavy atom. The van der Waals surface area contributed by atoms with Crippen LogP contribution in [-0.4, -0.2) is 22.6 Å². The standard InChI is InChI=1S/C6H4Cl2O.H2O4S/c7-4-2-1-3-5(9)6(4)8;1-5(2,3)4/h1-3,9H;(H2,1,2,3,4). The van der Waals surface area contributed by atoms with Crippen molar-refractivity contribution in [2.75, 3.05) is 0 Å². The Bertz CT molecular complexity index is 374. The molecule has 1 rings (SSSR count). The van der Waals surface area contributed by atoms with Crippen molar-refractivity contribution in [3.63, 3.8) is 0 Å². The third kappa shape index (κ3) is 6.93. The van der Waals surface area contributed by atoms with Crippen LogP contribution in [0.1, 0.15) is 0 Å². The molecule has 5 nitrogen and oxygen atoms in total. The number of halogens is 2. The van der Waals surface area contributed by atoms with Crippen LogP contribution >= 0.6 is 23.2 Å². The SMILES string of the molecule is O=S(=O)(O)O.Oc1cccc(Cl)c1Cl. The molecule has 0 atom stereocenters. The lowest BCUT2D eigenvalue weighted by Gasteiger charge is -1.95. The summed E-state index contributed by atoms with van der Waals surface area (Å²) in [6, 6.07) is 4.72. The van der Waals surface area contributed by atoms with Crippen molar-refractivity contribution in [1.29, 1.82) is 0 Å². The van der Waals surface area contributed by atoms with Gasteiger partial charge < -0.3 is 5.11 Å². The number of rotatable bonds is 0. The molecule has 80 valence electrons. The van der Waals surface area contributed by atoms with Crippen LogP contribution in [0.4, 0.5) is 0 Å². The van der Waals surface area contributed by atoms with Crippen LogP contribution in [0.15, 0.2) is 18.2 Å². The topological polar surface area (TPSA) is 94.8 Å². The van der Waals surface area contributed by atoms with Crippen molar-refractivity contribution in [2.45, 2.75) is 0 Å². The Morgan fingerprint density at radius 1 is 1.14 bits per heavy atom. The van der Waals surface area contributed by atoms with Crippen molar-refractivity contribution in [2.24, 2.45) is 0 Å². The number of phenols is 1. The van der Waals surface area contributed by atoms with Gasteiger partial charge in [-0.25, -0.2) is 0 Å². The van der Waals surface area contributed by atoms with Crippen LogP contribution < -0.4 is 0 Å². The molecule has 0 radical (unpaired) electrons. The summed E-state index contributed by atoms with van der Waals surface area (Å²) in [6.07, 6.45) is 0. The maximum atomic E-state index is 8.88. The first-order chi connectivity index (χ1) is 6.22. The van der Waals surface area contributed by atoms with Crippen LogP contribution in [0.3, 0.4) is 0 Å². The first kappa shape index (κ1) is 13.5. The molecule has 0 saturated heterocycles. The molecular formula is C6H6Cl2O5S. The van der Waals surface area contributed by atoms with Gasteiger partial charge in [0.15, 0.2) is 0 Å². The van der Waals surface area contributed by atoms with E-state index >= 15 is 0 Å². The van der Waals surface area contributed by atoms with Crippen molar-refractivity contribution in [3.05, 3.63) is 28.2 Å². The zero-order valence-corrected chi connectivity index (χ0v) is 8.88. The normalized spacial score (nSPS) is 10.3. The highest BCUT2D eigenvalue weighted by Gasteiger charge is 1.99. The van der Waals surface area contributed by atoms with E-state index in [1.54, 1.807) is 12.1 Å². The second kappa shape index (κ2) is 5.38. The fourth-order valence-corrected chi connectivity index (χ4v) is 0.788. The Labute approximate surface area is 90.5 Å². The van der Waals surface area contributed by atoms with Crippen molar-refractivity contribution in [1.82, 2.24) is 0 Å². The molecule has 0 aliphatic heterocycles. The van der Waals surface area contributed by atoms with E-state index in [4.69, 9.17) is 45.8 Å². The summed E-state index contributed by atoms with van der Waals surface area (Å²) < 4.78 is 31.6. The van der Waals surface area contributed by atoms with Crippen molar-refractivity contribution in [3.8, 4) is 5.75 Å². The highest BCUT2D eigenvalue weighted by molar-refractivity contribution is 7.79. The van der Waals surface area contributed by atoms with E-state index in [1.165, 1.54) is 6.07 Å². The Hall–Kier alpha value is -0.530. The third-order valence-corrected chi connectivity index (χ3v) is 1.74. The van der Waals surface area contributed by atoms with Gasteiger partial charge in [0, 0.05) is 0 Å². The fourth-order valence-electron chi connectivity index (χ4n) is 0.492. The van der Waals surface area contributed by atoms with Crippen LogP contribution in [0, 0.1) is 0 Å². The van der Waals surface area contributed by atoms with E-state index in [0.29, 0.717) is 5.02 Å². The molecule has 0 amide bonds. The number of hydrogen-bond donors (Lipinski definition) is 3. The van der Waals surface area contributed by atoms with Gasteiger partial charge in [-0.2, -0.15) is 8.42 Å². The Kier molecular flexibility index (Phi) is 5.17. The lowest BCUT2D eigenvalue weighted by atomic mass is 10.3. The molecule has 1 aromatic rings. The van der Waals surface area contributed by atoms with E-state index in [1.807, 2.05) is 0 Å². The zero-order chi connectivity index (χ0) is 11.4. The molecule has 0 spiro atoms. The second-order valence-corrected chi connectivity index (χ2v) is 3.70. The number of benzene rings is 1. The summed E-state index contributed by atoms with van der Waals surface area (Å²) in [7, 11) is -4.67. The van der Waals surface area contributed by atoms with Crippen LogP contribution in [0.2, 0.25) is 10.0 Å². The molecule has 0 aliphatic carbocycles. The molecule has 0 unspecified atom stereocenters.